The molecule has 0 bridgehead atoms. The van der Waals surface area contributed by atoms with Gasteiger partial charge in [0.1, 0.15) is 0 Å². The third kappa shape index (κ3) is 3.19. The van der Waals surface area contributed by atoms with Crippen LogP contribution in [0.15, 0.2) is 0 Å². The van der Waals surface area contributed by atoms with Crippen LogP contribution < -0.4 is 5.73 Å². The smallest absolute Gasteiger partial charge is 0.241 e. The standard InChI is InChI=1S/C10H21N3O4S/c1-8(10(14)12(2)3)18(15,16)13-4-5-17-9(6-11)7-13/h8-9H,4-7,11H2,1-3H3. The molecule has 2 unspecified atom stereocenters. The van der Waals surface area contributed by atoms with Crippen LogP contribution in [0.4, 0.5) is 0 Å². The van der Waals surface area contributed by atoms with Gasteiger partial charge in [0.25, 0.3) is 0 Å². The average molecular weight is 279 g/mol. The summed E-state index contributed by atoms with van der Waals surface area (Å²) in [6, 6.07) is 0. The Morgan fingerprint density at radius 2 is 2.17 bits per heavy atom. The summed E-state index contributed by atoms with van der Waals surface area (Å²) in [7, 11) is -0.567. The zero-order valence-corrected chi connectivity index (χ0v) is 11.8. The molecule has 0 aromatic rings. The number of nitrogens with zero attached hydrogens (tertiary/aromatic N) is 2. The molecular weight excluding hydrogens is 258 g/mol. The quantitative estimate of drug-likeness (QED) is 0.672. The van der Waals surface area contributed by atoms with Gasteiger partial charge in [-0.1, -0.05) is 0 Å². The highest BCUT2D eigenvalue weighted by Crippen LogP contribution is 2.15. The number of carbonyl (C=O) groups excluding carboxylic acids is 1. The number of nitrogens with two attached hydrogens (primary N) is 1. The lowest BCUT2D eigenvalue weighted by atomic mass is 10.3. The van der Waals surface area contributed by atoms with E-state index in [4.69, 9.17) is 10.5 Å². The molecule has 0 aliphatic carbocycles. The summed E-state index contributed by atoms with van der Waals surface area (Å²) < 4.78 is 31.2. The van der Waals surface area contributed by atoms with E-state index in [2.05, 4.69) is 0 Å². The highest BCUT2D eigenvalue weighted by atomic mass is 32.2. The second-order valence-corrected chi connectivity index (χ2v) is 6.76. The zero-order valence-electron chi connectivity index (χ0n) is 11.0. The SMILES string of the molecule is CC(C(=O)N(C)C)S(=O)(=O)N1CCOC(CN)C1. The average Bonchev–Trinajstić information content (AvgIpc) is 2.36. The molecule has 0 saturated carbocycles. The maximum absolute atomic E-state index is 12.3. The topological polar surface area (TPSA) is 92.9 Å². The summed E-state index contributed by atoms with van der Waals surface area (Å²) >= 11 is 0. The van der Waals surface area contributed by atoms with Crippen LogP contribution in [-0.4, -0.2) is 75.2 Å². The highest BCUT2D eigenvalue weighted by Gasteiger charge is 2.37. The van der Waals surface area contributed by atoms with Crippen LogP contribution in [0.5, 0.6) is 0 Å². The van der Waals surface area contributed by atoms with E-state index >= 15 is 0 Å². The van der Waals surface area contributed by atoms with Gasteiger partial charge < -0.3 is 15.4 Å². The van der Waals surface area contributed by atoms with Crippen LogP contribution in [0.2, 0.25) is 0 Å². The number of morpholine rings is 1. The first-order valence-corrected chi connectivity index (χ1v) is 7.32. The fourth-order valence-corrected chi connectivity index (χ4v) is 3.40. The Hall–Kier alpha value is -0.700. The van der Waals surface area contributed by atoms with Crippen molar-refractivity contribution in [3.8, 4) is 0 Å². The van der Waals surface area contributed by atoms with Crippen LogP contribution in [0.1, 0.15) is 6.92 Å². The van der Waals surface area contributed by atoms with Crippen molar-refractivity contribution in [2.75, 3.05) is 40.3 Å². The molecule has 0 aromatic heterocycles. The van der Waals surface area contributed by atoms with E-state index in [9.17, 15) is 13.2 Å². The number of hydrogen-bond donors (Lipinski definition) is 1. The molecule has 0 spiro atoms. The van der Waals surface area contributed by atoms with Crippen molar-refractivity contribution in [3.63, 3.8) is 0 Å². The number of carbonyl (C=O) groups is 1. The predicted molar refractivity (Wildman–Crippen MR) is 67.4 cm³/mol. The lowest BCUT2D eigenvalue weighted by Crippen LogP contribution is -2.52. The molecule has 0 aromatic carbocycles. The molecule has 1 aliphatic rings. The van der Waals surface area contributed by atoms with Crippen LogP contribution >= 0.6 is 0 Å². The van der Waals surface area contributed by atoms with E-state index < -0.39 is 21.2 Å². The second-order valence-electron chi connectivity index (χ2n) is 4.51. The van der Waals surface area contributed by atoms with Crippen molar-refractivity contribution in [2.45, 2.75) is 18.3 Å². The highest BCUT2D eigenvalue weighted by molar-refractivity contribution is 7.90. The normalized spacial score (nSPS) is 23.7. The van der Waals surface area contributed by atoms with Crippen LogP contribution in [0, 0.1) is 0 Å². The lowest BCUT2D eigenvalue weighted by molar-refractivity contribution is -0.128. The van der Waals surface area contributed by atoms with E-state index in [1.165, 1.54) is 30.2 Å². The third-order valence-electron chi connectivity index (χ3n) is 2.96. The second kappa shape index (κ2) is 5.96. The molecule has 18 heavy (non-hydrogen) atoms. The van der Waals surface area contributed by atoms with Gasteiger partial charge in [-0.2, -0.15) is 4.31 Å². The predicted octanol–water partition coefficient (Wildman–Crippen LogP) is -1.55. The molecule has 2 atom stereocenters. The minimum absolute atomic E-state index is 0.212. The van der Waals surface area contributed by atoms with Gasteiger partial charge >= 0.3 is 0 Å². The molecule has 0 radical (unpaired) electrons. The molecule has 1 heterocycles. The van der Waals surface area contributed by atoms with Gasteiger partial charge in [-0.3, -0.25) is 4.79 Å². The molecule has 8 heteroatoms. The van der Waals surface area contributed by atoms with E-state index in [-0.39, 0.29) is 25.7 Å². The Kier molecular flexibility index (Phi) is 5.09. The molecule has 7 nitrogen and oxygen atoms in total. The molecule has 1 amide bonds. The summed E-state index contributed by atoms with van der Waals surface area (Å²) in [6.45, 7) is 2.46. The van der Waals surface area contributed by atoms with E-state index in [0.29, 0.717) is 6.61 Å². The van der Waals surface area contributed by atoms with Gasteiger partial charge in [0.05, 0.1) is 12.7 Å². The fourth-order valence-electron chi connectivity index (χ4n) is 1.78. The van der Waals surface area contributed by atoms with Crippen molar-refractivity contribution in [1.82, 2.24) is 9.21 Å². The third-order valence-corrected chi connectivity index (χ3v) is 5.11. The van der Waals surface area contributed by atoms with Crippen molar-refractivity contribution in [3.05, 3.63) is 0 Å². The van der Waals surface area contributed by atoms with Crippen molar-refractivity contribution >= 4 is 15.9 Å². The van der Waals surface area contributed by atoms with Crippen LogP contribution in [0.3, 0.4) is 0 Å². The van der Waals surface area contributed by atoms with Gasteiger partial charge in [-0.05, 0) is 6.92 Å². The lowest BCUT2D eigenvalue weighted by Gasteiger charge is -2.33. The number of rotatable bonds is 4. The van der Waals surface area contributed by atoms with Crippen molar-refractivity contribution < 1.29 is 17.9 Å². The van der Waals surface area contributed by atoms with Crippen molar-refractivity contribution in [1.29, 1.82) is 0 Å². The van der Waals surface area contributed by atoms with Gasteiger partial charge in [0.2, 0.25) is 15.9 Å². The Morgan fingerprint density at radius 1 is 1.56 bits per heavy atom. The summed E-state index contributed by atoms with van der Waals surface area (Å²) in [5, 5.41) is -1.08. The fraction of sp³-hybridized carbons (Fsp3) is 0.900. The van der Waals surface area contributed by atoms with E-state index in [1.54, 1.807) is 0 Å². The Balaban J connectivity index is 2.82. The van der Waals surface area contributed by atoms with Crippen LogP contribution in [-0.2, 0) is 19.6 Å². The largest absolute Gasteiger partial charge is 0.374 e. The molecule has 1 aliphatic heterocycles. The van der Waals surface area contributed by atoms with Crippen molar-refractivity contribution in [2.24, 2.45) is 5.73 Å². The maximum atomic E-state index is 12.3. The molecule has 1 saturated heterocycles. The van der Waals surface area contributed by atoms with E-state index in [1.807, 2.05) is 0 Å². The minimum atomic E-state index is -3.64. The Labute approximate surface area is 108 Å². The summed E-state index contributed by atoms with van der Waals surface area (Å²) in [5.41, 5.74) is 5.47. The van der Waals surface area contributed by atoms with Gasteiger partial charge in [-0.15, -0.1) is 0 Å². The molecular formula is C10H21N3O4S. The summed E-state index contributed by atoms with van der Waals surface area (Å²) in [5.74, 6) is -0.425. The van der Waals surface area contributed by atoms with Gasteiger partial charge in [0.15, 0.2) is 5.25 Å². The van der Waals surface area contributed by atoms with Crippen LogP contribution in [0.25, 0.3) is 0 Å². The molecule has 1 rings (SSSR count). The number of hydrogen-bond acceptors (Lipinski definition) is 5. The van der Waals surface area contributed by atoms with Gasteiger partial charge in [-0.25, -0.2) is 8.42 Å². The summed E-state index contributed by atoms with van der Waals surface area (Å²) in [6.07, 6.45) is -0.296. The van der Waals surface area contributed by atoms with Gasteiger partial charge in [0, 0.05) is 33.7 Å². The first-order valence-electron chi connectivity index (χ1n) is 5.82. The minimum Gasteiger partial charge on any atom is -0.374 e. The monoisotopic (exact) mass is 279 g/mol. The first-order chi connectivity index (χ1) is 8.30. The number of sulfonamides is 1. The Bertz CT molecular complexity index is 396. The number of ether oxygens (including phenoxy) is 1. The number of amides is 1. The Morgan fingerprint density at radius 3 is 2.67 bits per heavy atom. The summed E-state index contributed by atoms with van der Waals surface area (Å²) in [4.78, 5) is 13.0. The molecule has 2 N–H and O–H groups in total. The van der Waals surface area contributed by atoms with E-state index in [0.717, 1.165) is 0 Å². The first kappa shape index (κ1) is 15.4. The molecule has 106 valence electrons. The molecule has 1 fully saturated rings. The zero-order chi connectivity index (χ0) is 13.9. The maximum Gasteiger partial charge on any atom is 0.241 e.